The third-order valence-corrected chi connectivity index (χ3v) is 4.39. The van der Waals surface area contributed by atoms with E-state index in [0.29, 0.717) is 17.7 Å². The van der Waals surface area contributed by atoms with Gasteiger partial charge < -0.3 is 9.47 Å². The number of alkyl halides is 3. The molecule has 0 unspecified atom stereocenters. The molecular weight excluding hydrogens is 343 g/mol. The molecular formula is C20H18F3NO2. The maximum absolute atomic E-state index is 12.7. The minimum absolute atomic E-state index is 0.390. The number of hydrogen-bond donors (Lipinski definition) is 0. The summed E-state index contributed by atoms with van der Waals surface area (Å²) in [5.74, 6) is 1.43. The van der Waals surface area contributed by atoms with Crippen molar-refractivity contribution in [3.8, 4) is 11.5 Å². The third-order valence-electron chi connectivity index (χ3n) is 4.39. The number of fused-ring (bicyclic) bond motifs is 1. The highest BCUT2D eigenvalue weighted by molar-refractivity contribution is 5.96. The van der Waals surface area contributed by atoms with Crippen LogP contribution in [0.4, 0.5) is 13.2 Å². The largest absolute Gasteiger partial charge is 0.496 e. The standard InChI is InChI=1S/C20H18F3NO2/c1-12-16(10-13-8-9-17(24-11-13)20(21,22)23)19(26-3)15-7-5-4-6-14(15)18(12)25-2/h4-9,11H,10H2,1-3H3. The molecule has 1 heterocycles. The van der Waals surface area contributed by atoms with Crippen LogP contribution in [-0.4, -0.2) is 19.2 Å². The lowest BCUT2D eigenvalue weighted by molar-refractivity contribution is -0.141. The average Bonchev–Trinajstić information content (AvgIpc) is 2.62. The van der Waals surface area contributed by atoms with E-state index in [1.807, 2.05) is 31.2 Å². The Bertz CT molecular complexity index is 934. The van der Waals surface area contributed by atoms with Crippen LogP contribution in [0.5, 0.6) is 11.5 Å². The van der Waals surface area contributed by atoms with Crippen LogP contribution in [0.15, 0.2) is 42.6 Å². The molecule has 0 spiro atoms. The molecule has 1 aromatic heterocycles. The molecule has 0 saturated carbocycles. The molecule has 0 amide bonds. The number of hydrogen-bond acceptors (Lipinski definition) is 3. The Morgan fingerprint density at radius 1 is 0.923 bits per heavy atom. The third kappa shape index (κ3) is 3.19. The number of rotatable bonds is 4. The van der Waals surface area contributed by atoms with Gasteiger partial charge in [0.1, 0.15) is 17.2 Å². The van der Waals surface area contributed by atoms with Crippen LogP contribution in [0.3, 0.4) is 0 Å². The first-order valence-corrected chi connectivity index (χ1v) is 8.01. The predicted molar refractivity (Wildman–Crippen MR) is 93.8 cm³/mol. The Kier molecular flexibility index (Phi) is 4.76. The van der Waals surface area contributed by atoms with Gasteiger partial charge in [-0.05, 0) is 24.1 Å². The van der Waals surface area contributed by atoms with Crippen LogP contribution in [0.25, 0.3) is 10.8 Å². The molecule has 6 heteroatoms. The quantitative estimate of drug-likeness (QED) is 0.642. The molecule has 2 aromatic carbocycles. The molecule has 3 rings (SSSR count). The Hall–Kier alpha value is -2.76. The summed E-state index contributed by atoms with van der Waals surface area (Å²) >= 11 is 0. The zero-order chi connectivity index (χ0) is 18.9. The van der Waals surface area contributed by atoms with E-state index in [4.69, 9.17) is 9.47 Å². The Morgan fingerprint density at radius 3 is 2.04 bits per heavy atom. The van der Waals surface area contributed by atoms with Gasteiger partial charge in [-0.2, -0.15) is 13.2 Å². The molecule has 3 nitrogen and oxygen atoms in total. The first-order valence-electron chi connectivity index (χ1n) is 8.01. The molecule has 0 fully saturated rings. The fourth-order valence-electron chi connectivity index (χ4n) is 3.16. The van der Waals surface area contributed by atoms with Crippen molar-refractivity contribution in [1.82, 2.24) is 4.98 Å². The molecule has 0 aliphatic heterocycles. The van der Waals surface area contributed by atoms with Crippen molar-refractivity contribution in [3.63, 3.8) is 0 Å². The van der Waals surface area contributed by atoms with Crippen LogP contribution < -0.4 is 9.47 Å². The summed E-state index contributed by atoms with van der Waals surface area (Å²) in [6.07, 6.45) is -2.80. The molecule has 0 aliphatic carbocycles. The number of ether oxygens (including phenoxy) is 2. The first-order chi connectivity index (χ1) is 12.4. The minimum atomic E-state index is -4.45. The van der Waals surface area contributed by atoms with Gasteiger partial charge in [-0.1, -0.05) is 30.3 Å². The molecule has 0 aliphatic rings. The van der Waals surface area contributed by atoms with Gasteiger partial charge in [0, 0.05) is 29.0 Å². The first kappa shape index (κ1) is 18.0. The normalized spacial score (nSPS) is 11.6. The minimum Gasteiger partial charge on any atom is -0.496 e. The average molecular weight is 361 g/mol. The molecule has 0 saturated heterocycles. The van der Waals surface area contributed by atoms with Crippen LogP contribution >= 0.6 is 0 Å². The second-order valence-electron chi connectivity index (χ2n) is 5.94. The highest BCUT2D eigenvalue weighted by Gasteiger charge is 2.32. The smallest absolute Gasteiger partial charge is 0.433 e. The molecule has 0 atom stereocenters. The van der Waals surface area contributed by atoms with E-state index in [9.17, 15) is 13.2 Å². The molecule has 136 valence electrons. The van der Waals surface area contributed by atoms with Gasteiger partial charge in [-0.15, -0.1) is 0 Å². The molecule has 0 bridgehead atoms. The van der Waals surface area contributed by atoms with Gasteiger partial charge in [0.2, 0.25) is 0 Å². The summed E-state index contributed by atoms with van der Waals surface area (Å²) in [4.78, 5) is 3.54. The Balaban J connectivity index is 2.11. The fraction of sp³-hybridized carbons (Fsp3) is 0.250. The predicted octanol–water partition coefficient (Wildman–Crippen LogP) is 5.17. The molecule has 0 radical (unpaired) electrons. The van der Waals surface area contributed by atoms with Gasteiger partial charge in [0.05, 0.1) is 14.2 Å². The van der Waals surface area contributed by atoms with Crippen LogP contribution in [0, 0.1) is 6.92 Å². The summed E-state index contributed by atoms with van der Waals surface area (Å²) < 4.78 is 49.3. The highest BCUT2D eigenvalue weighted by Crippen LogP contribution is 2.41. The zero-order valence-electron chi connectivity index (χ0n) is 14.6. The Morgan fingerprint density at radius 2 is 1.54 bits per heavy atom. The number of aromatic nitrogens is 1. The SMILES string of the molecule is COc1c(C)c(Cc2ccc(C(F)(F)F)nc2)c(OC)c2ccccc12. The van der Waals surface area contributed by atoms with Gasteiger partial charge in [0.15, 0.2) is 0 Å². The van der Waals surface area contributed by atoms with Crippen molar-refractivity contribution in [2.24, 2.45) is 0 Å². The van der Waals surface area contributed by atoms with E-state index in [2.05, 4.69) is 4.98 Å². The van der Waals surface area contributed by atoms with E-state index < -0.39 is 11.9 Å². The summed E-state index contributed by atoms with van der Waals surface area (Å²) in [5, 5.41) is 1.82. The summed E-state index contributed by atoms with van der Waals surface area (Å²) in [6.45, 7) is 1.92. The van der Waals surface area contributed by atoms with Crippen LogP contribution in [0.1, 0.15) is 22.4 Å². The number of pyridine rings is 1. The van der Waals surface area contributed by atoms with E-state index >= 15 is 0 Å². The molecule has 26 heavy (non-hydrogen) atoms. The van der Waals surface area contributed by atoms with Gasteiger partial charge >= 0.3 is 6.18 Å². The molecule has 0 N–H and O–H groups in total. The lowest BCUT2D eigenvalue weighted by atomic mass is 9.94. The highest BCUT2D eigenvalue weighted by atomic mass is 19.4. The van der Waals surface area contributed by atoms with Crippen molar-refractivity contribution < 1.29 is 22.6 Å². The van der Waals surface area contributed by atoms with Gasteiger partial charge in [-0.3, -0.25) is 4.98 Å². The topological polar surface area (TPSA) is 31.4 Å². The summed E-state index contributed by atoms with van der Waals surface area (Å²) in [7, 11) is 3.19. The maximum Gasteiger partial charge on any atom is 0.433 e. The fourth-order valence-corrected chi connectivity index (χ4v) is 3.16. The number of nitrogens with zero attached hydrogens (tertiary/aromatic N) is 1. The van der Waals surface area contributed by atoms with Crippen LogP contribution in [0.2, 0.25) is 0 Å². The number of benzene rings is 2. The Labute approximate surface area is 149 Å². The van der Waals surface area contributed by atoms with E-state index in [0.717, 1.165) is 33.7 Å². The lowest BCUT2D eigenvalue weighted by Gasteiger charge is -2.19. The second-order valence-corrected chi connectivity index (χ2v) is 5.94. The number of methoxy groups -OCH3 is 2. The van der Waals surface area contributed by atoms with Crippen molar-refractivity contribution in [1.29, 1.82) is 0 Å². The second kappa shape index (κ2) is 6.86. The van der Waals surface area contributed by atoms with E-state index in [1.165, 1.54) is 12.3 Å². The van der Waals surface area contributed by atoms with Crippen molar-refractivity contribution in [3.05, 3.63) is 65.0 Å². The van der Waals surface area contributed by atoms with Crippen molar-refractivity contribution in [2.75, 3.05) is 14.2 Å². The van der Waals surface area contributed by atoms with E-state index in [1.54, 1.807) is 14.2 Å². The monoisotopic (exact) mass is 361 g/mol. The number of halogens is 3. The van der Waals surface area contributed by atoms with E-state index in [-0.39, 0.29) is 0 Å². The van der Waals surface area contributed by atoms with Gasteiger partial charge in [-0.25, -0.2) is 0 Å². The van der Waals surface area contributed by atoms with Crippen LogP contribution in [-0.2, 0) is 12.6 Å². The van der Waals surface area contributed by atoms with Gasteiger partial charge in [0.25, 0.3) is 0 Å². The maximum atomic E-state index is 12.7. The van der Waals surface area contributed by atoms with Crippen molar-refractivity contribution in [2.45, 2.75) is 19.5 Å². The zero-order valence-corrected chi connectivity index (χ0v) is 14.6. The molecule has 3 aromatic rings. The van der Waals surface area contributed by atoms with Crippen molar-refractivity contribution >= 4 is 10.8 Å². The summed E-state index contributed by atoms with van der Waals surface area (Å²) in [5.41, 5.74) is 1.52. The lowest BCUT2D eigenvalue weighted by Crippen LogP contribution is -2.08. The summed E-state index contributed by atoms with van der Waals surface area (Å²) in [6, 6.07) is 10.1.